The van der Waals surface area contributed by atoms with Gasteiger partial charge >= 0.3 is 0 Å². The summed E-state index contributed by atoms with van der Waals surface area (Å²) in [6, 6.07) is 22.3. The van der Waals surface area contributed by atoms with E-state index in [4.69, 9.17) is 4.74 Å². The number of nitrogens with one attached hydrogen (secondary N) is 2. The molecule has 0 aliphatic rings. The molecule has 0 spiro atoms. The molecule has 2 amide bonds. The minimum absolute atomic E-state index is 0.0861. The minimum Gasteiger partial charge on any atom is -0.489 e. The van der Waals surface area contributed by atoms with Gasteiger partial charge in [-0.3, -0.25) is 9.59 Å². The molecule has 2 N–H and O–H groups in total. The lowest BCUT2D eigenvalue weighted by Crippen LogP contribution is -2.31. The Hall–Kier alpha value is -3.65. The SMILES string of the molecule is CCCCCCCCC(=O)NS(=O)(=O)c1ccccc1NC(=O)c1cccc(OCc2ccccc2)c1. The number of hydrogen-bond acceptors (Lipinski definition) is 5. The molecule has 3 rings (SSSR count). The average molecular weight is 523 g/mol. The summed E-state index contributed by atoms with van der Waals surface area (Å²) in [6.45, 7) is 2.49. The smallest absolute Gasteiger partial charge is 0.266 e. The van der Waals surface area contributed by atoms with E-state index in [1.165, 1.54) is 12.1 Å². The third-order valence-electron chi connectivity index (χ3n) is 5.77. The van der Waals surface area contributed by atoms with Crippen molar-refractivity contribution in [1.82, 2.24) is 4.72 Å². The van der Waals surface area contributed by atoms with Crippen molar-refractivity contribution in [2.24, 2.45) is 0 Å². The average Bonchev–Trinajstić information content (AvgIpc) is 2.90. The van der Waals surface area contributed by atoms with Crippen molar-refractivity contribution in [3.8, 4) is 5.75 Å². The van der Waals surface area contributed by atoms with Gasteiger partial charge in [-0.15, -0.1) is 0 Å². The van der Waals surface area contributed by atoms with Gasteiger partial charge in [-0.05, 0) is 42.3 Å². The van der Waals surface area contributed by atoms with Crippen molar-refractivity contribution in [2.75, 3.05) is 5.32 Å². The number of hydrogen-bond donors (Lipinski definition) is 2. The third-order valence-corrected chi connectivity index (χ3v) is 7.21. The largest absolute Gasteiger partial charge is 0.489 e. The number of carbonyl (C=O) groups is 2. The second-order valence-electron chi connectivity index (χ2n) is 8.80. The Balaban J connectivity index is 1.62. The van der Waals surface area contributed by atoms with E-state index >= 15 is 0 Å². The van der Waals surface area contributed by atoms with Gasteiger partial charge in [-0.25, -0.2) is 13.1 Å². The van der Waals surface area contributed by atoms with E-state index in [1.807, 2.05) is 30.3 Å². The predicted octanol–water partition coefficient (Wildman–Crippen LogP) is 6.07. The van der Waals surface area contributed by atoms with Crippen LogP contribution < -0.4 is 14.8 Å². The van der Waals surface area contributed by atoms with Crippen LogP contribution in [0.1, 0.15) is 67.8 Å². The van der Waals surface area contributed by atoms with Gasteiger partial charge in [0.1, 0.15) is 17.3 Å². The second-order valence-corrected chi connectivity index (χ2v) is 10.4. The first-order valence-electron chi connectivity index (χ1n) is 12.6. The monoisotopic (exact) mass is 522 g/mol. The van der Waals surface area contributed by atoms with Crippen LogP contribution >= 0.6 is 0 Å². The first-order valence-corrected chi connectivity index (χ1v) is 14.1. The van der Waals surface area contributed by atoms with Gasteiger partial charge in [0.2, 0.25) is 5.91 Å². The van der Waals surface area contributed by atoms with Crippen molar-refractivity contribution in [1.29, 1.82) is 0 Å². The van der Waals surface area contributed by atoms with Gasteiger partial charge in [-0.2, -0.15) is 0 Å². The standard InChI is InChI=1S/C29H34N2O5S/c1-2-3-4-5-6-10-20-28(32)31-37(34,35)27-19-12-11-18-26(27)30-29(33)24-16-13-17-25(21-24)36-22-23-14-8-7-9-15-23/h7-9,11-19,21H,2-6,10,20,22H2,1H3,(H,30,33)(H,31,32). The highest BCUT2D eigenvalue weighted by molar-refractivity contribution is 7.90. The molecular weight excluding hydrogens is 488 g/mol. The first-order chi connectivity index (χ1) is 17.9. The molecule has 0 bridgehead atoms. The van der Waals surface area contributed by atoms with Crippen molar-refractivity contribution < 1.29 is 22.7 Å². The molecule has 0 radical (unpaired) electrons. The Bertz CT molecular complexity index is 1280. The normalized spacial score (nSPS) is 11.1. The zero-order valence-electron chi connectivity index (χ0n) is 21.1. The van der Waals surface area contributed by atoms with E-state index in [0.29, 0.717) is 24.3 Å². The van der Waals surface area contributed by atoms with Gasteiger partial charge in [0.25, 0.3) is 15.9 Å². The molecular formula is C29H34N2O5S. The maximum Gasteiger partial charge on any atom is 0.266 e. The summed E-state index contributed by atoms with van der Waals surface area (Å²) < 4.78 is 33.8. The molecule has 0 saturated heterocycles. The van der Waals surface area contributed by atoms with Crippen molar-refractivity contribution in [2.45, 2.75) is 63.4 Å². The molecule has 7 nitrogen and oxygen atoms in total. The van der Waals surface area contributed by atoms with Crippen molar-refractivity contribution in [3.05, 3.63) is 90.0 Å². The number of para-hydroxylation sites is 1. The lowest BCUT2D eigenvalue weighted by Gasteiger charge is -2.13. The molecule has 37 heavy (non-hydrogen) atoms. The molecule has 0 atom stereocenters. The van der Waals surface area contributed by atoms with Gasteiger partial charge in [0.15, 0.2) is 0 Å². The van der Waals surface area contributed by atoms with Gasteiger partial charge in [0.05, 0.1) is 5.69 Å². The fraction of sp³-hybridized carbons (Fsp3) is 0.310. The number of ether oxygens (including phenoxy) is 1. The van der Waals surface area contributed by atoms with Crippen LogP contribution in [0.2, 0.25) is 0 Å². The summed E-state index contributed by atoms with van der Waals surface area (Å²) in [5.74, 6) is -0.537. The molecule has 0 aliphatic carbocycles. The van der Waals surface area contributed by atoms with Crippen LogP contribution in [0.15, 0.2) is 83.8 Å². The molecule has 3 aromatic rings. The molecule has 0 fully saturated rings. The van der Waals surface area contributed by atoms with E-state index < -0.39 is 21.8 Å². The molecule has 196 valence electrons. The van der Waals surface area contributed by atoms with Gasteiger partial charge in [-0.1, -0.05) is 87.6 Å². The summed E-state index contributed by atoms with van der Waals surface area (Å²) in [5.41, 5.74) is 1.39. The number of anilines is 1. The maximum atomic E-state index is 12.9. The maximum absolute atomic E-state index is 12.9. The number of benzene rings is 3. The molecule has 0 aromatic heterocycles. The number of amides is 2. The van der Waals surface area contributed by atoms with E-state index in [-0.39, 0.29) is 17.0 Å². The zero-order valence-corrected chi connectivity index (χ0v) is 21.9. The number of rotatable bonds is 14. The third kappa shape index (κ3) is 9.06. The van der Waals surface area contributed by atoms with E-state index in [1.54, 1.807) is 36.4 Å². The Morgan fingerprint density at radius 3 is 2.30 bits per heavy atom. The van der Waals surface area contributed by atoms with Crippen LogP contribution in [0.25, 0.3) is 0 Å². The minimum atomic E-state index is -4.16. The zero-order chi connectivity index (χ0) is 26.5. The van der Waals surface area contributed by atoms with E-state index in [2.05, 4.69) is 17.0 Å². The summed E-state index contributed by atoms with van der Waals surface area (Å²) in [7, 11) is -4.16. The van der Waals surface area contributed by atoms with Crippen LogP contribution in [0.5, 0.6) is 5.75 Å². The molecule has 8 heteroatoms. The summed E-state index contributed by atoms with van der Waals surface area (Å²) >= 11 is 0. The van der Waals surface area contributed by atoms with Gasteiger partial charge < -0.3 is 10.1 Å². The van der Waals surface area contributed by atoms with Crippen LogP contribution in [0.3, 0.4) is 0 Å². The molecule has 3 aromatic carbocycles. The quantitative estimate of drug-likeness (QED) is 0.250. The summed E-state index contributed by atoms with van der Waals surface area (Å²) in [5, 5.41) is 2.65. The highest BCUT2D eigenvalue weighted by Gasteiger charge is 2.22. The Morgan fingerprint density at radius 1 is 0.811 bits per heavy atom. The molecule has 0 unspecified atom stereocenters. The highest BCUT2D eigenvalue weighted by Crippen LogP contribution is 2.23. The van der Waals surface area contributed by atoms with Crippen molar-refractivity contribution >= 4 is 27.5 Å². The molecule has 0 aliphatic heterocycles. The predicted molar refractivity (Wildman–Crippen MR) is 145 cm³/mol. The van der Waals surface area contributed by atoms with Crippen LogP contribution in [0, 0.1) is 0 Å². The number of carbonyl (C=O) groups excluding carboxylic acids is 2. The summed E-state index contributed by atoms with van der Waals surface area (Å²) in [6.07, 6.45) is 6.10. The lowest BCUT2D eigenvalue weighted by atomic mass is 10.1. The summed E-state index contributed by atoms with van der Waals surface area (Å²) in [4.78, 5) is 25.1. The fourth-order valence-electron chi connectivity index (χ4n) is 3.79. The molecule has 0 heterocycles. The Labute approximate surface area is 219 Å². The van der Waals surface area contributed by atoms with Crippen LogP contribution in [0.4, 0.5) is 5.69 Å². The van der Waals surface area contributed by atoms with Crippen LogP contribution in [-0.4, -0.2) is 20.2 Å². The van der Waals surface area contributed by atoms with E-state index in [9.17, 15) is 18.0 Å². The Morgan fingerprint density at radius 2 is 1.51 bits per heavy atom. The lowest BCUT2D eigenvalue weighted by molar-refractivity contribution is -0.119. The topological polar surface area (TPSA) is 102 Å². The molecule has 0 saturated carbocycles. The van der Waals surface area contributed by atoms with Crippen molar-refractivity contribution in [3.63, 3.8) is 0 Å². The van der Waals surface area contributed by atoms with Gasteiger partial charge in [0, 0.05) is 12.0 Å². The van der Waals surface area contributed by atoms with E-state index in [0.717, 1.165) is 37.7 Å². The highest BCUT2D eigenvalue weighted by atomic mass is 32.2. The number of sulfonamides is 1. The Kier molecular flexibility index (Phi) is 10.7. The second kappa shape index (κ2) is 14.2. The first kappa shape index (κ1) is 27.9. The number of unbranched alkanes of at least 4 members (excludes halogenated alkanes) is 5. The van der Waals surface area contributed by atoms with Crippen LogP contribution in [-0.2, 0) is 21.4 Å². The fourth-order valence-corrected chi connectivity index (χ4v) is 4.97.